The number of nitrogens with one attached hydrogen (secondary N) is 1. The zero-order valence-corrected chi connectivity index (χ0v) is 17.4. The number of morpholine rings is 1. The summed E-state index contributed by atoms with van der Waals surface area (Å²) >= 11 is 0. The number of aryl methyl sites for hydroxylation is 1. The number of hydrogen-bond acceptors (Lipinski definition) is 4. The number of ether oxygens (including phenoxy) is 1. The topological polar surface area (TPSA) is 54.7 Å². The van der Waals surface area contributed by atoms with Crippen molar-refractivity contribution < 1.29 is 13.9 Å². The lowest BCUT2D eigenvalue weighted by Gasteiger charge is -2.27. The van der Waals surface area contributed by atoms with Gasteiger partial charge in [0, 0.05) is 49.6 Å². The van der Waals surface area contributed by atoms with E-state index in [4.69, 9.17) is 9.15 Å². The van der Waals surface area contributed by atoms with E-state index in [1.165, 1.54) is 5.56 Å². The van der Waals surface area contributed by atoms with Crippen molar-refractivity contribution >= 4 is 23.0 Å². The third-order valence-electron chi connectivity index (χ3n) is 5.50. The zero-order chi connectivity index (χ0) is 20.8. The molecule has 0 radical (unpaired) electrons. The average molecular weight is 405 g/mol. The van der Waals surface area contributed by atoms with Gasteiger partial charge in [-0.25, -0.2) is 0 Å². The van der Waals surface area contributed by atoms with E-state index in [1.807, 2.05) is 36.4 Å². The highest BCUT2D eigenvalue weighted by Crippen LogP contribution is 2.27. The molecule has 156 valence electrons. The minimum absolute atomic E-state index is 0.108. The van der Waals surface area contributed by atoms with E-state index in [9.17, 15) is 4.79 Å². The third kappa shape index (κ3) is 4.81. The molecule has 0 saturated carbocycles. The summed E-state index contributed by atoms with van der Waals surface area (Å²) in [5, 5.41) is 4.06. The van der Waals surface area contributed by atoms with Crippen LogP contribution in [0, 0.1) is 0 Å². The molecule has 0 spiro atoms. The molecule has 1 saturated heterocycles. The number of hydrogen-bond donors (Lipinski definition) is 1. The summed E-state index contributed by atoms with van der Waals surface area (Å²) < 4.78 is 11.3. The summed E-state index contributed by atoms with van der Waals surface area (Å²) in [7, 11) is 0. The van der Waals surface area contributed by atoms with Crippen LogP contribution in [0.4, 0.5) is 0 Å². The molecule has 5 heteroatoms. The first-order valence-corrected chi connectivity index (χ1v) is 10.6. The van der Waals surface area contributed by atoms with Crippen molar-refractivity contribution in [2.24, 2.45) is 0 Å². The largest absolute Gasteiger partial charge is 0.460 e. The van der Waals surface area contributed by atoms with Crippen molar-refractivity contribution in [1.29, 1.82) is 0 Å². The number of nitrogens with zero attached hydrogens (tertiary/aromatic N) is 1. The van der Waals surface area contributed by atoms with Crippen molar-refractivity contribution in [2.45, 2.75) is 26.4 Å². The average Bonchev–Trinajstić information content (AvgIpc) is 3.15. The third-order valence-corrected chi connectivity index (χ3v) is 5.50. The summed E-state index contributed by atoms with van der Waals surface area (Å²) in [6, 6.07) is 16.2. The Morgan fingerprint density at radius 3 is 2.60 bits per heavy atom. The maximum Gasteiger partial charge on any atom is 0.244 e. The molecule has 5 nitrogen and oxygen atoms in total. The van der Waals surface area contributed by atoms with E-state index in [2.05, 4.69) is 35.3 Å². The number of amides is 1. The molecular formula is C25H28N2O3. The van der Waals surface area contributed by atoms with Crippen molar-refractivity contribution in [2.75, 3.05) is 26.3 Å². The molecule has 1 fully saturated rings. The summed E-state index contributed by atoms with van der Waals surface area (Å²) in [6.45, 7) is 6.91. The van der Waals surface area contributed by atoms with Crippen LogP contribution in [0.2, 0.25) is 0 Å². The molecule has 0 aliphatic carbocycles. The monoisotopic (exact) mass is 404 g/mol. The number of furan rings is 1. The predicted octanol–water partition coefficient (Wildman–Crippen LogP) is 4.16. The molecule has 4 rings (SSSR count). The molecule has 0 bridgehead atoms. The number of carbonyl (C=O) groups is 1. The standard InChI is InChI=1S/C25H28N2O3/c1-2-23-22(21-9-5-6-10-24(21)30-23)11-12-25(28)26-17-19-7-3-4-8-20(19)18-27-13-15-29-16-14-27/h3-12H,2,13-18H2,1H3,(H,26,28). The Morgan fingerprint density at radius 1 is 1.07 bits per heavy atom. The second-order valence-corrected chi connectivity index (χ2v) is 7.50. The second-order valence-electron chi connectivity index (χ2n) is 7.50. The van der Waals surface area contributed by atoms with Gasteiger partial charge < -0.3 is 14.5 Å². The minimum atomic E-state index is -0.108. The molecule has 30 heavy (non-hydrogen) atoms. The first kappa shape index (κ1) is 20.4. The van der Waals surface area contributed by atoms with Gasteiger partial charge in [-0.05, 0) is 23.3 Å². The Morgan fingerprint density at radius 2 is 1.80 bits per heavy atom. The van der Waals surface area contributed by atoms with Gasteiger partial charge in [0.05, 0.1) is 13.2 Å². The van der Waals surface area contributed by atoms with Crippen LogP contribution < -0.4 is 5.32 Å². The van der Waals surface area contributed by atoms with Crippen LogP contribution >= 0.6 is 0 Å². The van der Waals surface area contributed by atoms with Crippen LogP contribution in [-0.2, 0) is 29.0 Å². The highest BCUT2D eigenvalue weighted by atomic mass is 16.5. The Hall–Kier alpha value is -2.89. The Bertz CT molecular complexity index is 1030. The van der Waals surface area contributed by atoms with E-state index < -0.39 is 0 Å². The number of rotatable bonds is 7. The van der Waals surface area contributed by atoms with Crippen molar-refractivity contribution in [3.05, 3.63) is 77.1 Å². The normalized spacial score (nSPS) is 15.1. The molecular weight excluding hydrogens is 376 g/mol. The molecule has 0 unspecified atom stereocenters. The minimum Gasteiger partial charge on any atom is -0.460 e. The van der Waals surface area contributed by atoms with E-state index in [1.54, 1.807) is 6.08 Å². The van der Waals surface area contributed by atoms with Crippen LogP contribution in [0.1, 0.15) is 29.4 Å². The number of para-hydroxylation sites is 1. The van der Waals surface area contributed by atoms with Crippen LogP contribution in [-0.4, -0.2) is 37.1 Å². The van der Waals surface area contributed by atoms with Gasteiger partial charge in [0.25, 0.3) is 0 Å². The lowest BCUT2D eigenvalue weighted by Crippen LogP contribution is -2.36. The zero-order valence-electron chi connectivity index (χ0n) is 17.4. The van der Waals surface area contributed by atoms with E-state index in [0.29, 0.717) is 6.54 Å². The molecule has 1 aliphatic rings. The van der Waals surface area contributed by atoms with Crippen molar-refractivity contribution in [3.8, 4) is 0 Å². The molecule has 2 heterocycles. The van der Waals surface area contributed by atoms with Gasteiger partial charge in [0.2, 0.25) is 5.91 Å². The fraction of sp³-hybridized carbons (Fsp3) is 0.320. The summed E-state index contributed by atoms with van der Waals surface area (Å²) in [5.41, 5.74) is 4.23. The van der Waals surface area contributed by atoms with Gasteiger partial charge >= 0.3 is 0 Å². The summed E-state index contributed by atoms with van der Waals surface area (Å²) in [6.07, 6.45) is 4.24. The van der Waals surface area contributed by atoms with Crippen LogP contribution in [0.5, 0.6) is 0 Å². The number of fused-ring (bicyclic) bond motifs is 1. The van der Waals surface area contributed by atoms with E-state index in [0.717, 1.165) is 67.1 Å². The first-order chi connectivity index (χ1) is 14.7. The van der Waals surface area contributed by atoms with Gasteiger partial charge in [-0.1, -0.05) is 49.4 Å². The van der Waals surface area contributed by atoms with Crippen molar-refractivity contribution in [3.63, 3.8) is 0 Å². The Kier molecular flexibility index (Phi) is 6.62. The van der Waals surface area contributed by atoms with Crippen molar-refractivity contribution in [1.82, 2.24) is 10.2 Å². The molecule has 3 aromatic rings. The molecule has 1 aromatic heterocycles. The van der Waals surface area contributed by atoms with E-state index in [-0.39, 0.29) is 5.91 Å². The molecule has 1 N–H and O–H groups in total. The van der Waals surface area contributed by atoms with Gasteiger partial charge in [0.1, 0.15) is 11.3 Å². The van der Waals surface area contributed by atoms with Crippen LogP contribution in [0.15, 0.2) is 59.0 Å². The van der Waals surface area contributed by atoms with Gasteiger partial charge in [-0.2, -0.15) is 0 Å². The fourth-order valence-electron chi connectivity index (χ4n) is 3.85. The Labute approximate surface area is 177 Å². The SMILES string of the molecule is CCc1oc2ccccc2c1C=CC(=O)NCc1ccccc1CN1CCOCC1. The second kappa shape index (κ2) is 9.74. The fourth-order valence-corrected chi connectivity index (χ4v) is 3.85. The molecule has 2 aromatic carbocycles. The quantitative estimate of drug-likeness (QED) is 0.601. The van der Waals surface area contributed by atoms with E-state index >= 15 is 0 Å². The predicted molar refractivity (Wildman–Crippen MR) is 119 cm³/mol. The number of carbonyl (C=O) groups excluding carboxylic acids is 1. The van der Waals surface area contributed by atoms with Crippen LogP contribution in [0.25, 0.3) is 17.0 Å². The maximum absolute atomic E-state index is 12.5. The Balaban J connectivity index is 1.41. The number of benzene rings is 2. The highest BCUT2D eigenvalue weighted by Gasteiger charge is 2.13. The molecule has 0 atom stereocenters. The lowest BCUT2D eigenvalue weighted by molar-refractivity contribution is -0.116. The maximum atomic E-state index is 12.5. The van der Waals surface area contributed by atoms with Gasteiger partial charge in [-0.3, -0.25) is 9.69 Å². The highest BCUT2D eigenvalue weighted by molar-refractivity contribution is 5.96. The summed E-state index contributed by atoms with van der Waals surface area (Å²) in [4.78, 5) is 14.9. The summed E-state index contributed by atoms with van der Waals surface area (Å²) in [5.74, 6) is 0.791. The van der Waals surface area contributed by atoms with Crippen LogP contribution in [0.3, 0.4) is 0 Å². The van der Waals surface area contributed by atoms with Gasteiger partial charge in [0.15, 0.2) is 0 Å². The van der Waals surface area contributed by atoms with Gasteiger partial charge in [-0.15, -0.1) is 0 Å². The molecule has 1 aliphatic heterocycles. The smallest absolute Gasteiger partial charge is 0.244 e. The first-order valence-electron chi connectivity index (χ1n) is 10.6. The lowest BCUT2D eigenvalue weighted by atomic mass is 10.1. The molecule has 1 amide bonds.